The first-order chi connectivity index (χ1) is 15.1. The van der Waals surface area contributed by atoms with Crippen molar-refractivity contribution in [1.29, 1.82) is 0 Å². The number of nitrogens with one attached hydrogen (secondary N) is 1. The van der Waals surface area contributed by atoms with Gasteiger partial charge in [0.2, 0.25) is 0 Å². The number of rotatable bonds is 9. The lowest BCUT2D eigenvalue weighted by Gasteiger charge is -2.18. The zero-order valence-electron chi connectivity index (χ0n) is 17.6. The van der Waals surface area contributed by atoms with E-state index in [-0.39, 0.29) is 5.92 Å². The van der Waals surface area contributed by atoms with Crippen molar-refractivity contribution in [2.24, 2.45) is 11.7 Å². The summed E-state index contributed by atoms with van der Waals surface area (Å²) in [5, 5.41) is 22.9. The smallest absolute Gasteiger partial charge is 0.362 e. The first kappa shape index (κ1) is 24.7. The third-order valence-corrected chi connectivity index (χ3v) is 7.17. The van der Waals surface area contributed by atoms with E-state index in [4.69, 9.17) is 14.7 Å². The van der Waals surface area contributed by atoms with E-state index < -0.39 is 53.3 Å². The monoisotopic (exact) mass is 485 g/mol. The number of nitrogens with two attached hydrogens (primary N) is 1. The molecular weight excluding hydrogens is 458 g/mol. The summed E-state index contributed by atoms with van der Waals surface area (Å²) in [6, 6.07) is 8.41. The van der Waals surface area contributed by atoms with Gasteiger partial charge in [-0.1, -0.05) is 50.6 Å². The highest BCUT2D eigenvalue weighted by molar-refractivity contribution is 7.85. The number of aliphatic hydroxyl groups is 2. The van der Waals surface area contributed by atoms with Gasteiger partial charge < -0.3 is 20.7 Å². The molecular formula is C20H27N3O7S2. The summed E-state index contributed by atoms with van der Waals surface area (Å²) in [4.78, 5) is 16.5. The molecule has 1 aromatic heterocycles. The van der Waals surface area contributed by atoms with Crippen LogP contribution < -0.4 is 10.5 Å². The van der Waals surface area contributed by atoms with Gasteiger partial charge in [-0.3, -0.25) is 8.98 Å². The molecule has 1 saturated heterocycles. The van der Waals surface area contributed by atoms with Crippen LogP contribution in [0.4, 0.5) is 0 Å². The van der Waals surface area contributed by atoms with Gasteiger partial charge in [-0.05, 0) is 5.92 Å². The highest BCUT2D eigenvalue weighted by Gasteiger charge is 2.45. The summed E-state index contributed by atoms with van der Waals surface area (Å²) in [6.07, 6.45) is -4.22. The molecule has 0 radical (unpaired) electrons. The number of nitrogens with zero attached hydrogens (tertiary/aromatic N) is 1. The Kier molecular flexibility index (Phi) is 7.98. The maximum Gasteiger partial charge on any atom is 0.362 e. The van der Waals surface area contributed by atoms with E-state index in [2.05, 4.69) is 4.98 Å². The van der Waals surface area contributed by atoms with Crippen molar-refractivity contribution in [3.63, 3.8) is 0 Å². The molecule has 0 bridgehead atoms. The number of thiazole rings is 1. The highest BCUT2D eigenvalue weighted by atomic mass is 32.2. The normalized spacial score (nSPS) is 25.4. The maximum atomic E-state index is 12.1. The number of aliphatic hydroxyl groups excluding tert-OH is 2. The van der Waals surface area contributed by atoms with Gasteiger partial charge in [-0.15, -0.1) is 11.3 Å². The molecule has 0 spiro atoms. The Morgan fingerprint density at radius 1 is 1.31 bits per heavy atom. The van der Waals surface area contributed by atoms with Crippen LogP contribution in [0.5, 0.6) is 0 Å². The molecule has 0 aliphatic carbocycles. The van der Waals surface area contributed by atoms with Gasteiger partial charge in [-0.2, -0.15) is 8.42 Å². The average molecular weight is 486 g/mol. The molecule has 1 aliphatic heterocycles. The molecule has 3 rings (SSSR count). The SMILES string of the molecule is CCC(C)C(N)C(=O)NS(=O)(=O)OCC1OC(c2nc(-c3ccccc3)cs2)C(O)C1O. The summed E-state index contributed by atoms with van der Waals surface area (Å²) >= 11 is 1.25. The number of carbonyl (C=O) groups is 1. The number of benzene rings is 1. The minimum atomic E-state index is -4.48. The molecule has 1 amide bonds. The van der Waals surface area contributed by atoms with Crippen molar-refractivity contribution < 1.29 is 32.3 Å². The topological polar surface area (TPSA) is 161 Å². The first-order valence-corrected chi connectivity index (χ1v) is 12.4. The molecule has 12 heteroatoms. The second-order valence-electron chi connectivity index (χ2n) is 7.63. The molecule has 6 unspecified atom stereocenters. The molecule has 2 aromatic rings. The van der Waals surface area contributed by atoms with Gasteiger partial charge in [0.05, 0.1) is 18.3 Å². The van der Waals surface area contributed by atoms with Crippen molar-refractivity contribution >= 4 is 27.5 Å². The van der Waals surface area contributed by atoms with Gasteiger partial charge in [0.1, 0.15) is 29.4 Å². The summed E-state index contributed by atoms with van der Waals surface area (Å²) < 4.78 is 36.4. The molecule has 176 valence electrons. The second kappa shape index (κ2) is 10.3. The predicted octanol–water partition coefficient (Wildman–Crippen LogP) is 0.723. The lowest BCUT2D eigenvalue weighted by molar-refractivity contribution is -0.121. The standard InChI is InChI=1S/C20H27N3O7S2/c1-3-11(2)15(21)19(26)23-32(27,28)29-9-14-16(24)17(25)18(30-14)20-22-13(10-31-20)12-7-5-4-6-8-12/h4-8,10-11,14-18,24-25H,3,9,21H2,1-2H3,(H,23,26). The molecule has 1 aromatic carbocycles. The third kappa shape index (κ3) is 5.70. The third-order valence-electron chi connectivity index (χ3n) is 5.37. The summed E-state index contributed by atoms with van der Waals surface area (Å²) in [5.74, 6) is -1.11. The number of carbonyl (C=O) groups excluding carboxylic acids is 1. The van der Waals surface area contributed by atoms with Crippen LogP contribution in [0.15, 0.2) is 35.7 Å². The number of hydrogen-bond acceptors (Lipinski definition) is 10. The first-order valence-electron chi connectivity index (χ1n) is 10.1. The molecule has 32 heavy (non-hydrogen) atoms. The summed E-state index contributed by atoms with van der Waals surface area (Å²) in [5.41, 5.74) is 7.31. The molecule has 1 fully saturated rings. The Hall–Kier alpha value is -1.93. The fourth-order valence-corrected chi connectivity index (χ4v) is 4.80. The molecule has 10 nitrogen and oxygen atoms in total. The molecule has 0 saturated carbocycles. The van der Waals surface area contributed by atoms with E-state index in [0.717, 1.165) is 5.56 Å². The van der Waals surface area contributed by atoms with Crippen LogP contribution in [0.3, 0.4) is 0 Å². The summed E-state index contributed by atoms with van der Waals surface area (Å²) in [6.45, 7) is 2.95. The van der Waals surface area contributed by atoms with E-state index in [1.165, 1.54) is 11.3 Å². The van der Waals surface area contributed by atoms with Gasteiger partial charge in [0, 0.05) is 10.9 Å². The zero-order chi connectivity index (χ0) is 23.5. The minimum absolute atomic E-state index is 0.222. The van der Waals surface area contributed by atoms with Crippen molar-refractivity contribution in [2.75, 3.05) is 6.61 Å². The van der Waals surface area contributed by atoms with E-state index >= 15 is 0 Å². The maximum absolute atomic E-state index is 12.1. The average Bonchev–Trinajstić information content (AvgIpc) is 3.37. The van der Waals surface area contributed by atoms with Crippen LogP contribution in [0.25, 0.3) is 11.3 Å². The number of hydrogen-bond donors (Lipinski definition) is 4. The van der Waals surface area contributed by atoms with Crippen LogP contribution in [0, 0.1) is 5.92 Å². The Morgan fingerprint density at radius 2 is 2.00 bits per heavy atom. The Bertz CT molecular complexity index is 1020. The number of amides is 1. The van der Waals surface area contributed by atoms with E-state index in [9.17, 15) is 23.4 Å². The van der Waals surface area contributed by atoms with Crippen molar-refractivity contribution in [3.8, 4) is 11.3 Å². The van der Waals surface area contributed by atoms with Crippen LogP contribution in [-0.4, -0.2) is 60.5 Å². The molecule has 1 aliphatic rings. The number of ether oxygens (including phenoxy) is 1. The van der Waals surface area contributed by atoms with Crippen LogP contribution in [-0.2, 0) is 24.0 Å². The fraction of sp³-hybridized carbons (Fsp3) is 0.500. The minimum Gasteiger partial charge on any atom is -0.387 e. The van der Waals surface area contributed by atoms with Crippen molar-refractivity contribution in [2.45, 2.75) is 50.7 Å². The largest absolute Gasteiger partial charge is 0.387 e. The highest BCUT2D eigenvalue weighted by Crippen LogP contribution is 2.36. The van der Waals surface area contributed by atoms with E-state index in [1.54, 1.807) is 17.0 Å². The zero-order valence-corrected chi connectivity index (χ0v) is 19.3. The van der Waals surface area contributed by atoms with Gasteiger partial charge in [0.15, 0.2) is 0 Å². The lowest BCUT2D eigenvalue weighted by atomic mass is 10.00. The molecule has 6 atom stereocenters. The van der Waals surface area contributed by atoms with E-state index in [0.29, 0.717) is 17.1 Å². The number of aromatic nitrogens is 1. The van der Waals surface area contributed by atoms with Crippen LogP contribution in [0.2, 0.25) is 0 Å². The van der Waals surface area contributed by atoms with Crippen molar-refractivity contribution in [3.05, 3.63) is 40.7 Å². The van der Waals surface area contributed by atoms with Gasteiger partial charge >= 0.3 is 10.3 Å². The Labute approximate surface area is 190 Å². The molecule has 5 N–H and O–H groups in total. The quantitative estimate of drug-likeness (QED) is 0.401. The van der Waals surface area contributed by atoms with E-state index in [1.807, 2.05) is 37.3 Å². The van der Waals surface area contributed by atoms with Crippen LogP contribution >= 0.6 is 11.3 Å². The summed E-state index contributed by atoms with van der Waals surface area (Å²) in [7, 11) is -4.48. The van der Waals surface area contributed by atoms with Crippen molar-refractivity contribution in [1.82, 2.24) is 9.71 Å². The fourth-order valence-electron chi connectivity index (χ4n) is 3.14. The predicted molar refractivity (Wildman–Crippen MR) is 118 cm³/mol. The lowest BCUT2D eigenvalue weighted by Crippen LogP contribution is -2.47. The second-order valence-corrected chi connectivity index (χ2v) is 9.87. The van der Waals surface area contributed by atoms with Gasteiger partial charge in [-0.25, -0.2) is 9.71 Å². The van der Waals surface area contributed by atoms with Gasteiger partial charge in [0.25, 0.3) is 5.91 Å². The molecule has 2 heterocycles. The Balaban J connectivity index is 1.61. The van der Waals surface area contributed by atoms with Crippen LogP contribution in [0.1, 0.15) is 31.4 Å². The Morgan fingerprint density at radius 3 is 2.66 bits per heavy atom.